The van der Waals surface area contributed by atoms with E-state index in [4.69, 9.17) is 5.73 Å². The summed E-state index contributed by atoms with van der Waals surface area (Å²) >= 11 is 0. The van der Waals surface area contributed by atoms with E-state index in [1.807, 2.05) is 29.2 Å². The van der Waals surface area contributed by atoms with Gasteiger partial charge in [0.15, 0.2) is 0 Å². The summed E-state index contributed by atoms with van der Waals surface area (Å²) in [6.45, 7) is 4.27. The van der Waals surface area contributed by atoms with E-state index in [1.165, 1.54) is 6.42 Å². The molecule has 1 aliphatic heterocycles. The number of likely N-dealkylation sites (tertiary alicyclic amines) is 1. The van der Waals surface area contributed by atoms with Gasteiger partial charge in [0.1, 0.15) is 5.69 Å². The molecule has 1 fully saturated rings. The third kappa shape index (κ3) is 2.15. The van der Waals surface area contributed by atoms with Gasteiger partial charge in [-0.3, -0.25) is 4.79 Å². The van der Waals surface area contributed by atoms with Crippen molar-refractivity contribution in [2.45, 2.75) is 45.2 Å². The summed E-state index contributed by atoms with van der Waals surface area (Å²) in [7, 11) is 0. The maximum Gasteiger partial charge on any atom is 0.270 e. The fraction of sp³-hybridized carbons (Fsp3) is 0.438. The Kier molecular flexibility index (Phi) is 3.16. The van der Waals surface area contributed by atoms with Crippen LogP contribution >= 0.6 is 0 Å². The van der Waals surface area contributed by atoms with Gasteiger partial charge in [0.2, 0.25) is 0 Å². The van der Waals surface area contributed by atoms with Crippen LogP contribution in [0.2, 0.25) is 0 Å². The van der Waals surface area contributed by atoms with Gasteiger partial charge in [0, 0.05) is 28.7 Å². The summed E-state index contributed by atoms with van der Waals surface area (Å²) in [5.41, 5.74) is 8.12. The van der Waals surface area contributed by atoms with Gasteiger partial charge in [0.25, 0.3) is 5.91 Å². The number of fused-ring (bicyclic) bond motifs is 1. The number of nitrogens with one attached hydrogen (secondary N) is 1. The Hall–Kier alpha value is -1.97. The lowest BCUT2D eigenvalue weighted by atomic mass is 9.97. The van der Waals surface area contributed by atoms with Crippen LogP contribution in [0.5, 0.6) is 0 Å². The summed E-state index contributed by atoms with van der Waals surface area (Å²) in [6, 6.07) is 8.18. The van der Waals surface area contributed by atoms with Gasteiger partial charge in [0.05, 0.1) is 0 Å². The highest BCUT2D eigenvalue weighted by molar-refractivity contribution is 5.98. The van der Waals surface area contributed by atoms with E-state index in [1.54, 1.807) is 0 Å². The van der Waals surface area contributed by atoms with Crippen LogP contribution in [-0.4, -0.2) is 27.9 Å². The predicted molar refractivity (Wildman–Crippen MR) is 81.7 cm³/mol. The normalized spacial score (nSPS) is 23.2. The number of nitrogens with zero attached hydrogens (tertiary/aromatic N) is 1. The lowest BCUT2D eigenvalue weighted by Gasteiger charge is -2.38. The molecular formula is C16H21N3O. The topological polar surface area (TPSA) is 62.1 Å². The van der Waals surface area contributed by atoms with Crippen LogP contribution in [-0.2, 0) is 0 Å². The number of nitrogen functional groups attached to an aromatic ring is 1. The Bertz CT molecular complexity index is 636. The second-order valence-corrected chi connectivity index (χ2v) is 5.87. The van der Waals surface area contributed by atoms with E-state index in [-0.39, 0.29) is 5.91 Å². The number of H-pyrrole nitrogens is 1. The quantitative estimate of drug-likeness (QED) is 0.783. The molecule has 4 nitrogen and oxygen atoms in total. The van der Waals surface area contributed by atoms with Gasteiger partial charge < -0.3 is 15.6 Å². The fourth-order valence-corrected chi connectivity index (χ4v) is 3.23. The van der Waals surface area contributed by atoms with Crippen molar-refractivity contribution in [1.29, 1.82) is 0 Å². The van der Waals surface area contributed by atoms with Gasteiger partial charge in [-0.05, 0) is 57.4 Å². The standard InChI is InChI=1S/C16H21N3O/c1-10-4-3-5-11(2)19(10)16(20)15-9-12-8-13(17)6-7-14(12)18-15/h6-11,18H,3-5,17H2,1-2H3. The largest absolute Gasteiger partial charge is 0.399 e. The molecule has 0 bridgehead atoms. The van der Waals surface area contributed by atoms with Gasteiger partial charge in [-0.2, -0.15) is 0 Å². The molecular weight excluding hydrogens is 250 g/mol. The molecule has 106 valence electrons. The van der Waals surface area contributed by atoms with Crippen molar-refractivity contribution in [1.82, 2.24) is 9.88 Å². The first kappa shape index (κ1) is 13.0. The molecule has 1 saturated heterocycles. The third-order valence-corrected chi connectivity index (χ3v) is 4.30. The molecule has 2 atom stereocenters. The summed E-state index contributed by atoms with van der Waals surface area (Å²) in [4.78, 5) is 18.0. The summed E-state index contributed by atoms with van der Waals surface area (Å²) in [5, 5.41) is 0.991. The molecule has 4 heteroatoms. The van der Waals surface area contributed by atoms with Crippen molar-refractivity contribution in [2.75, 3.05) is 5.73 Å². The maximum atomic E-state index is 12.7. The highest BCUT2D eigenvalue weighted by atomic mass is 16.2. The predicted octanol–water partition coefficient (Wildman–Crippen LogP) is 3.15. The maximum absolute atomic E-state index is 12.7. The monoisotopic (exact) mass is 271 g/mol. The average Bonchev–Trinajstić information content (AvgIpc) is 2.81. The Morgan fingerprint density at radius 3 is 2.65 bits per heavy atom. The van der Waals surface area contributed by atoms with Crippen LogP contribution in [0.15, 0.2) is 24.3 Å². The summed E-state index contributed by atoms with van der Waals surface area (Å²) in [5.74, 6) is 0.0967. The van der Waals surface area contributed by atoms with Crippen LogP contribution < -0.4 is 5.73 Å². The summed E-state index contributed by atoms with van der Waals surface area (Å²) < 4.78 is 0. The molecule has 3 rings (SSSR count). The zero-order chi connectivity index (χ0) is 14.3. The number of nitrogens with two attached hydrogens (primary N) is 1. The molecule has 3 N–H and O–H groups in total. The minimum absolute atomic E-state index is 0.0967. The molecule has 0 aliphatic carbocycles. The molecule has 2 unspecified atom stereocenters. The molecule has 20 heavy (non-hydrogen) atoms. The molecule has 2 aromatic rings. The van der Waals surface area contributed by atoms with E-state index in [0.29, 0.717) is 17.8 Å². The first-order valence-corrected chi connectivity index (χ1v) is 7.27. The van der Waals surface area contributed by atoms with E-state index < -0.39 is 0 Å². The molecule has 0 saturated carbocycles. The van der Waals surface area contributed by atoms with Gasteiger partial charge >= 0.3 is 0 Å². The minimum atomic E-state index is 0.0967. The van der Waals surface area contributed by atoms with Crippen molar-refractivity contribution >= 4 is 22.5 Å². The number of aromatic amines is 1. The van der Waals surface area contributed by atoms with Crippen molar-refractivity contribution in [3.8, 4) is 0 Å². The smallest absolute Gasteiger partial charge is 0.270 e. The van der Waals surface area contributed by atoms with Gasteiger partial charge in [-0.15, -0.1) is 0 Å². The van der Waals surface area contributed by atoms with E-state index >= 15 is 0 Å². The Balaban J connectivity index is 1.95. The van der Waals surface area contributed by atoms with Crippen LogP contribution in [0.4, 0.5) is 5.69 Å². The zero-order valence-corrected chi connectivity index (χ0v) is 12.0. The number of anilines is 1. The Labute approximate surface area is 118 Å². The molecule has 2 heterocycles. The van der Waals surface area contributed by atoms with Crippen LogP contribution in [0, 0.1) is 0 Å². The van der Waals surface area contributed by atoms with Crippen LogP contribution in [0.3, 0.4) is 0 Å². The number of benzene rings is 1. The van der Waals surface area contributed by atoms with Crippen molar-refractivity contribution in [2.24, 2.45) is 0 Å². The first-order chi connectivity index (χ1) is 9.56. The number of carbonyl (C=O) groups is 1. The van der Waals surface area contributed by atoms with Gasteiger partial charge in [-0.1, -0.05) is 0 Å². The number of amides is 1. The number of rotatable bonds is 1. The highest BCUT2D eigenvalue weighted by Crippen LogP contribution is 2.26. The lowest BCUT2D eigenvalue weighted by Crippen LogP contribution is -2.47. The number of hydrogen-bond donors (Lipinski definition) is 2. The van der Waals surface area contributed by atoms with Gasteiger partial charge in [-0.25, -0.2) is 0 Å². The molecule has 0 spiro atoms. The second-order valence-electron chi connectivity index (χ2n) is 5.87. The molecule has 1 aliphatic rings. The summed E-state index contributed by atoms with van der Waals surface area (Å²) in [6.07, 6.45) is 3.38. The molecule has 1 aromatic heterocycles. The number of carbonyl (C=O) groups excluding carboxylic acids is 1. The third-order valence-electron chi connectivity index (χ3n) is 4.30. The SMILES string of the molecule is CC1CCCC(C)N1C(=O)c1cc2cc(N)ccc2[nH]1. The van der Waals surface area contributed by atoms with Crippen molar-refractivity contribution in [3.63, 3.8) is 0 Å². The van der Waals surface area contributed by atoms with Crippen molar-refractivity contribution < 1.29 is 4.79 Å². The number of aromatic nitrogens is 1. The first-order valence-electron chi connectivity index (χ1n) is 7.27. The second kappa shape index (κ2) is 4.85. The Morgan fingerprint density at radius 2 is 1.95 bits per heavy atom. The zero-order valence-electron chi connectivity index (χ0n) is 12.0. The van der Waals surface area contributed by atoms with E-state index in [2.05, 4.69) is 18.8 Å². The fourth-order valence-electron chi connectivity index (χ4n) is 3.23. The lowest BCUT2D eigenvalue weighted by molar-refractivity contribution is 0.0505. The Morgan fingerprint density at radius 1 is 1.25 bits per heavy atom. The average molecular weight is 271 g/mol. The van der Waals surface area contributed by atoms with E-state index in [9.17, 15) is 4.79 Å². The highest BCUT2D eigenvalue weighted by Gasteiger charge is 2.30. The van der Waals surface area contributed by atoms with Crippen molar-refractivity contribution in [3.05, 3.63) is 30.0 Å². The van der Waals surface area contributed by atoms with Crippen LogP contribution in [0.25, 0.3) is 10.9 Å². The number of hydrogen-bond acceptors (Lipinski definition) is 2. The molecule has 1 aromatic carbocycles. The van der Waals surface area contributed by atoms with E-state index in [0.717, 1.165) is 29.4 Å². The molecule has 1 amide bonds. The van der Waals surface area contributed by atoms with Crippen LogP contribution in [0.1, 0.15) is 43.6 Å². The minimum Gasteiger partial charge on any atom is -0.399 e. The number of piperidine rings is 1. The molecule has 0 radical (unpaired) electrons.